The number of aromatic nitrogens is 1. The molecule has 0 aliphatic heterocycles. The van der Waals surface area contributed by atoms with Crippen LogP contribution in [0.15, 0.2) is 12.1 Å². The van der Waals surface area contributed by atoms with E-state index in [4.69, 9.17) is 23.2 Å². The van der Waals surface area contributed by atoms with Gasteiger partial charge in [-0.05, 0) is 12.1 Å². The molecule has 0 saturated carbocycles. The molecule has 0 aliphatic rings. The van der Waals surface area contributed by atoms with E-state index in [0.717, 1.165) is 0 Å². The molecule has 1 aromatic heterocycles. The van der Waals surface area contributed by atoms with Crippen LogP contribution in [0.4, 0.5) is 3.89 Å². The Balaban J connectivity index is 2.78. The van der Waals surface area contributed by atoms with E-state index in [1.807, 2.05) is 0 Å². The van der Waals surface area contributed by atoms with Gasteiger partial charge in [-0.2, -0.15) is 8.42 Å². The molecule has 1 rings (SSSR count). The van der Waals surface area contributed by atoms with Crippen molar-refractivity contribution in [3.63, 3.8) is 0 Å². The summed E-state index contributed by atoms with van der Waals surface area (Å²) in [5, 5.41) is 0.500. The van der Waals surface area contributed by atoms with Gasteiger partial charge in [0, 0.05) is 17.1 Å². The van der Waals surface area contributed by atoms with Gasteiger partial charge in [0.2, 0.25) is 0 Å². The molecule has 0 spiro atoms. The van der Waals surface area contributed by atoms with Gasteiger partial charge in [-0.3, -0.25) is 0 Å². The highest BCUT2D eigenvalue weighted by molar-refractivity contribution is 7.86. The summed E-state index contributed by atoms with van der Waals surface area (Å²) in [6, 6.07) is 2.86. The van der Waals surface area contributed by atoms with Crippen LogP contribution in [-0.2, 0) is 16.6 Å². The van der Waals surface area contributed by atoms with Gasteiger partial charge in [0.1, 0.15) is 5.15 Å². The molecule has 0 N–H and O–H groups in total. The predicted molar refractivity (Wildman–Crippen MR) is 52.9 cm³/mol. The number of pyridine rings is 1. The van der Waals surface area contributed by atoms with Gasteiger partial charge in [-0.15, -0.1) is 3.89 Å². The Bertz CT molecular complexity index is 415. The Labute approximate surface area is 91.1 Å². The smallest absolute Gasteiger partial charge is 0.241 e. The molecule has 0 fully saturated rings. The standard InChI is InChI=1S/C7H6Cl2FNO2S/c8-5-3-6(11-7(9)4-5)1-2-14(10,12)13/h3-4H,1-2H2. The summed E-state index contributed by atoms with van der Waals surface area (Å²) in [7, 11) is -4.47. The van der Waals surface area contributed by atoms with E-state index in [2.05, 4.69) is 4.98 Å². The number of rotatable bonds is 3. The molecular formula is C7H6Cl2FNO2S. The van der Waals surface area contributed by atoms with Gasteiger partial charge in [0.05, 0.1) is 5.75 Å². The molecule has 1 aromatic rings. The third kappa shape index (κ3) is 4.21. The monoisotopic (exact) mass is 257 g/mol. The molecule has 78 valence electrons. The SMILES string of the molecule is O=S(=O)(F)CCc1cc(Cl)cc(Cl)n1. The molecule has 0 radical (unpaired) electrons. The lowest BCUT2D eigenvalue weighted by molar-refractivity contribution is 0.551. The third-order valence-corrected chi connectivity index (χ3v) is 2.52. The van der Waals surface area contributed by atoms with Crippen molar-refractivity contribution in [3.05, 3.63) is 28.0 Å². The first-order valence-corrected chi connectivity index (χ1v) is 5.92. The fourth-order valence-corrected chi connectivity index (χ4v) is 1.84. The van der Waals surface area contributed by atoms with E-state index < -0.39 is 16.0 Å². The number of hydrogen-bond acceptors (Lipinski definition) is 3. The van der Waals surface area contributed by atoms with E-state index in [1.54, 1.807) is 0 Å². The first-order valence-electron chi connectivity index (χ1n) is 3.61. The van der Waals surface area contributed by atoms with Crippen LogP contribution >= 0.6 is 23.2 Å². The van der Waals surface area contributed by atoms with Crippen LogP contribution in [0.3, 0.4) is 0 Å². The number of nitrogens with zero attached hydrogens (tertiary/aromatic N) is 1. The van der Waals surface area contributed by atoms with Crippen LogP contribution in [-0.4, -0.2) is 19.2 Å². The Morgan fingerprint density at radius 1 is 1.36 bits per heavy atom. The number of halogens is 3. The van der Waals surface area contributed by atoms with Gasteiger partial charge in [-0.25, -0.2) is 4.98 Å². The van der Waals surface area contributed by atoms with Crippen molar-refractivity contribution in [1.29, 1.82) is 0 Å². The van der Waals surface area contributed by atoms with Crippen molar-refractivity contribution in [2.75, 3.05) is 5.75 Å². The topological polar surface area (TPSA) is 47.0 Å². The lowest BCUT2D eigenvalue weighted by atomic mass is 10.3. The molecule has 0 aromatic carbocycles. The van der Waals surface area contributed by atoms with E-state index >= 15 is 0 Å². The average Bonchev–Trinajstić information content (AvgIpc) is 1.97. The number of hydrogen-bond donors (Lipinski definition) is 0. The normalized spacial score (nSPS) is 11.6. The van der Waals surface area contributed by atoms with Crippen molar-refractivity contribution < 1.29 is 12.3 Å². The molecular weight excluding hydrogens is 252 g/mol. The summed E-state index contributed by atoms with van der Waals surface area (Å²) < 4.78 is 32.6. The maximum atomic E-state index is 12.2. The van der Waals surface area contributed by atoms with E-state index in [1.165, 1.54) is 12.1 Å². The summed E-state index contributed by atoms with van der Waals surface area (Å²) in [6.07, 6.45) is -0.0425. The highest BCUT2D eigenvalue weighted by Gasteiger charge is 2.09. The second-order valence-electron chi connectivity index (χ2n) is 2.59. The summed E-state index contributed by atoms with van der Waals surface area (Å²) in [5.74, 6) is -0.614. The zero-order chi connectivity index (χ0) is 10.8. The maximum absolute atomic E-state index is 12.2. The first kappa shape index (κ1) is 11.7. The zero-order valence-corrected chi connectivity index (χ0v) is 9.20. The fraction of sp³-hybridized carbons (Fsp3) is 0.286. The highest BCUT2D eigenvalue weighted by atomic mass is 35.5. The highest BCUT2D eigenvalue weighted by Crippen LogP contribution is 2.16. The predicted octanol–water partition coefficient (Wildman–Crippen LogP) is 2.23. The Morgan fingerprint density at radius 3 is 2.50 bits per heavy atom. The van der Waals surface area contributed by atoms with E-state index in [-0.39, 0.29) is 11.6 Å². The van der Waals surface area contributed by atoms with Crippen molar-refractivity contribution in [3.8, 4) is 0 Å². The minimum atomic E-state index is -4.47. The van der Waals surface area contributed by atoms with Crippen molar-refractivity contribution in [1.82, 2.24) is 4.98 Å². The Morgan fingerprint density at radius 2 is 2.00 bits per heavy atom. The van der Waals surface area contributed by atoms with Crippen LogP contribution in [0.5, 0.6) is 0 Å². The largest absolute Gasteiger partial charge is 0.302 e. The Hall–Kier alpha value is -0.390. The molecule has 14 heavy (non-hydrogen) atoms. The lowest BCUT2D eigenvalue weighted by Crippen LogP contribution is -2.03. The molecule has 0 atom stereocenters. The van der Waals surface area contributed by atoms with Crippen LogP contribution in [0.2, 0.25) is 10.2 Å². The van der Waals surface area contributed by atoms with Crippen molar-refractivity contribution in [2.45, 2.75) is 6.42 Å². The van der Waals surface area contributed by atoms with Crippen LogP contribution in [0, 0.1) is 0 Å². The third-order valence-electron chi connectivity index (χ3n) is 1.41. The minimum absolute atomic E-state index is 0.0425. The fourth-order valence-electron chi connectivity index (χ4n) is 0.871. The molecule has 7 heteroatoms. The second kappa shape index (κ2) is 4.42. The summed E-state index contributed by atoms with van der Waals surface area (Å²) >= 11 is 11.2. The zero-order valence-electron chi connectivity index (χ0n) is 6.87. The Kier molecular flexibility index (Phi) is 3.69. The maximum Gasteiger partial charge on any atom is 0.302 e. The van der Waals surface area contributed by atoms with Crippen molar-refractivity contribution in [2.24, 2.45) is 0 Å². The van der Waals surface area contributed by atoms with Crippen molar-refractivity contribution >= 4 is 33.4 Å². The molecule has 1 heterocycles. The molecule has 0 saturated heterocycles. The summed E-state index contributed by atoms with van der Waals surface area (Å²) in [5.41, 5.74) is 0.351. The quantitative estimate of drug-likeness (QED) is 0.617. The average molecular weight is 258 g/mol. The lowest BCUT2D eigenvalue weighted by Gasteiger charge is -1.99. The molecule has 0 amide bonds. The van der Waals surface area contributed by atoms with Crippen LogP contribution in [0.25, 0.3) is 0 Å². The first-order chi connectivity index (χ1) is 6.37. The van der Waals surface area contributed by atoms with E-state index in [0.29, 0.717) is 10.7 Å². The van der Waals surface area contributed by atoms with Gasteiger partial charge >= 0.3 is 10.2 Å². The van der Waals surface area contributed by atoms with Gasteiger partial charge in [0.15, 0.2) is 0 Å². The molecule has 0 unspecified atom stereocenters. The number of aryl methyl sites for hydroxylation is 1. The summed E-state index contributed by atoms with van der Waals surface area (Å²) in [4.78, 5) is 3.79. The second-order valence-corrected chi connectivity index (χ2v) is 4.90. The van der Waals surface area contributed by atoms with Gasteiger partial charge in [0.25, 0.3) is 0 Å². The van der Waals surface area contributed by atoms with Gasteiger partial charge in [-0.1, -0.05) is 23.2 Å². The minimum Gasteiger partial charge on any atom is -0.241 e. The molecule has 3 nitrogen and oxygen atoms in total. The van der Waals surface area contributed by atoms with Gasteiger partial charge < -0.3 is 0 Å². The van der Waals surface area contributed by atoms with E-state index in [9.17, 15) is 12.3 Å². The molecule has 0 aliphatic carbocycles. The van der Waals surface area contributed by atoms with Crippen LogP contribution in [0.1, 0.15) is 5.69 Å². The van der Waals surface area contributed by atoms with Crippen LogP contribution < -0.4 is 0 Å². The summed E-state index contributed by atoms with van der Waals surface area (Å²) in [6.45, 7) is 0. The molecule has 0 bridgehead atoms.